The first-order valence-electron chi connectivity index (χ1n) is 8.08. The molecule has 0 aliphatic carbocycles. The minimum atomic E-state index is -0.855. The van der Waals surface area contributed by atoms with E-state index in [4.69, 9.17) is 4.74 Å². The molecule has 2 aromatic heterocycles. The summed E-state index contributed by atoms with van der Waals surface area (Å²) in [7, 11) is 0. The third kappa shape index (κ3) is 4.67. The van der Waals surface area contributed by atoms with Gasteiger partial charge in [0.25, 0.3) is 5.56 Å². The van der Waals surface area contributed by atoms with Gasteiger partial charge >= 0.3 is 12.0 Å². The van der Waals surface area contributed by atoms with Crippen molar-refractivity contribution >= 4 is 34.0 Å². The van der Waals surface area contributed by atoms with Gasteiger partial charge in [0.2, 0.25) is 4.96 Å². The topological polar surface area (TPSA) is 115 Å². The Bertz CT molecular complexity index is 1030. The molecule has 0 bridgehead atoms. The molecule has 10 heteroatoms. The maximum Gasteiger partial charge on any atom is 0.328 e. The summed E-state index contributed by atoms with van der Waals surface area (Å²) in [6, 6.07) is 8.86. The van der Waals surface area contributed by atoms with Crippen molar-refractivity contribution in [2.45, 2.75) is 26.5 Å². The molecule has 2 amide bonds. The minimum Gasteiger partial charge on any atom is -0.457 e. The van der Waals surface area contributed by atoms with Crippen molar-refractivity contribution in [2.75, 3.05) is 5.32 Å². The number of carbonyl (C=O) groups is 2. The van der Waals surface area contributed by atoms with Gasteiger partial charge in [-0.05, 0) is 26.0 Å². The van der Waals surface area contributed by atoms with Gasteiger partial charge in [-0.1, -0.05) is 29.5 Å². The predicted molar refractivity (Wildman–Crippen MR) is 99.7 cm³/mol. The number of fused-ring (bicyclic) bond motifs is 1. The highest BCUT2D eigenvalue weighted by molar-refractivity contribution is 7.16. The first-order chi connectivity index (χ1) is 12.9. The van der Waals surface area contributed by atoms with Crippen LogP contribution in [0.2, 0.25) is 0 Å². The summed E-state index contributed by atoms with van der Waals surface area (Å²) < 4.78 is 6.33. The van der Waals surface area contributed by atoms with Gasteiger partial charge in [0.1, 0.15) is 12.6 Å². The Morgan fingerprint density at radius 2 is 2.04 bits per heavy atom. The second-order valence-corrected chi connectivity index (χ2v) is 6.76. The second kappa shape index (κ2) is 7.96. The molecule has 27 heavy (non-hydrogen) atoms. The number of carbonyl (C=O) groups excluding carboxylic acids is 2. The molecule has 3 rings (SSSR count). The van der Waals surface area contributed by atoms with Crippen LogP contribution in [0.5, 0.6) is 0 Å². The van der Waals surface area contributed by atoms with Crippen LogP contribution in [0.15, 0.2) is 41.2 Å². The quantitative estimate of drug-likeness (QED) is 0.644. The lowest BCUT2D eigenvalue weighted by atomic mass is 10.3. The molecule has 0 unspecified atom stereocenters. The zero-order chi connectivity index (χ0) is 19.4. The Hall–Kier alpha value is -3.27. The van der Waals surface area contributed by atoms with Crippen LogP contribution in [-0.4, -0.2) is 32.6 Å². The normalized spacial score (nSPS) is 11.8. The number of urea groups is 1. The third-order valence-electron chi connectivity index (χ3n) is 3.49. The van der Waals surface area contributed by atoms with Crippen LogP contribution in [0.3, 0.4) is 0 Å². The van der Waals surface area contributed by atoms with Crippen molar-refractivity contribution in [3.05, 3.63) is 57.5 Å². The Morgan fingerprint density at radius 3 is 2.78 bits per heavy atom. The van der Waals surface area contributed by atoms with E-state index in [1.165, 1.54) is 13.0 Å². The fourth-order valence-electron chi connectivity index (χ4n) is 2.22. The Morgan fingerprint density at radius 1 is 1.30 bits per heavy atom. The summed E-state index contributed by atoms with van der Waals surface area (Å²) in [5, 5.41) is 9.63. The monoisotopic (exact) mass is 387 g/mol. The number of ether oxygens (including phenoxy) is 1. The molecule has 0 radical (unpaired) electrons. The maximum absolute atomic E-state index is 12.1. The zero-order valence-corrected chi connectivity index (χ0v) is 15.4. The molecule has 0 aliphatic heterocycles. The molecule has 0 saturated carbocycles. The minimum absolute atomic E-state index is 0.113. The van der Waals surface area contributed by atoms with Crippen LogP contribution in [0, 0.1) is 6.92 Å². The van der Waals surface area contributed by atoms with Gasteiger partial charge in [0.05, 0.1) is 0 Å². The number of anilines is 1. The fourth-order valence-corrected chi connectivity index (χ4v) is 3.08. The van der Waals surface area contributed by atoms with Crippen LogP contribution in [0.1, 0.15) is 17.6 Å². The summed E-state index contributed by atoms with van der Waals surface area (Å²) in [5.41, 5.74) is 0.909. The van der Waals surface area contributed by atoms with E-state index in [1.54, 1.807) is 31.2 Å². The number of hydrogen-bond donors (Lipinski definition) is 2. The van der Waals surface area contributed by atoms with E-state index in [2.05, 4.69) is 20.7 Å². The smallest absolute Gasteiger partial charge is 0.328 e. The number of nitrogens with one attached hydrogen (secondary N) is 2. The second-order valence-electron chi connectivity index (χ2n) is 5.72. The van der Waals surface area contributed by atoms with E-state index in [-0.39, 0.29) is 12.2 Å². The van der Waals surface area contributed by atoms with Crippen LogP contribution < -0.4 is 16.2 Å². The average Bonchev–Trinajstić information content (AvgIpc) is 3.03. The average molecular weight is 387 g/mol. The number of amides is 2. The lowest BCUT2D eigenvalue weighted by Crippen LogP contribution is -2.41. The summed E-state index contributed by atoms with van der Waals surface area (Å²) >= 11 is 1.16. The van der Waals surface area contributed by atoms with Gasteiger partial charge in [0, 0.05) is 17.4 Å². The van der Waals surface area contributed by atoms with Crippen molar-refractivity contribution in [2.24, 2.45) is 0 Å². The van der Waals surface area contributed by atoms with Crippen LogP contribution in [0.25, 0.3) is 4.96 Å². The van der Waals surface area contributed by atoms with E-state index >= 15 is 0 Å². The lowest BCUT2D eigenvalue weighted by molar-refractivity contribution is -0.146. The number of nitrogens with zero attached hydrogens (tertiary/aromatic N) is 3. The highest BCUT2D eigenvalue weighted by atomic mass is 32.1. The molecule has 0 fully saturated rings. The summed E-state index contributed by atoms with van der Waals surface area (Å²) in [6.45, 7) is 3.12. The third-order valence-corrected chi connectivity index (χ3v) is 4.37. The van der Waals surface area contributed by atoms with Crippen molar-refractivity contribution in [1.29, 1.82) is 0 Å². The molecule has 2 N–H and O–H groups in total. The molecule has 0 saturated heterocycles. The zero-order valence-electron chi connectivity index (χ0n) is 14.6. The van der Waals surface area contributed by atoms with Gasteiger partial charge in [-0.25, -0.2) is 14.6 Å². The van der Waals surface area contributed by atoms with Crippen molar-refractivity contribution in [1.82, 2.24) is 19.9 Å². The molecule has 0 aliphatic rings. The van der Waals surface area contributed by atoms with Crippen molar-refractivity contribution < 1.29 is 14.3 Å². The van der Waals surface area contributed by atoms with E-state index in [1.807, 2.05) is 6.07 Å². The van der Waals surface area contributed by atoms with Gasteiger partial charge < -0.3 is 15.4 Å². The fraction of sp³-hybridized carbons (Fsp3) is 0.235. The van der Waals surface area contributed by atoms with Gasteiger partial charge in [-0.2, -0.15) is 9.61 Å². The largest absolute Gasteiger partial charge is 0.457 e. The summed E-state index contributed by atoms with van der Waals surface area (Å²) in [4.78, 5) is 40.4. The molecule has 2 heterocycles. The van der Waals surface area contributed by atoms with E-state index in [9.17, 15) is 14.4 Å². The number of aromatic nitrogens is 3. The van der Waals surface area contributed by atoms with Gasteiger partial charge in [-0.15, -0.1) is 0 Å². The number of para-hydroxylation sites is 1. The van der Waals surface area contributed by atoms with E-state index in [0.29, 0.717) is 21.3 Å². The number of rotatable bonds is 5. The summed E-state index contributed by atoms with van der Waals surface area (Å²) in [5.74, 6) is -0.617. The lowest BCUT2D eigenvalue weighted by Gasteiger charge is -2.13. The standard InChI is InChI=1S/C17H17N5O4S/c1-10-8-14(23)22-17(18-10)27-13(21-22)9-26-15(24)11(2)19-16(25)20-12-6-4-3-5-7-12/h3-8,11H,9H2,1-2H3,(H2,19,20,25)/t11-/m0/s1. The first kappa shape index (κ1) is 18.5. The molecule has 140 valence electrons. The number of hydrogen-bond acceptors (Lipinski definition) is 7. The van der Waals surface area contributed by atoms with Crippen LogP contribution in [0.4, 0.5) is 10.5 Å². The molecule has 1 aromatic carbocycles. The molecule has 3 aromatic rings. The van der Waals surface area contributed by atoms with Gasteiger partial charge in [0.15, 0.2) is 5.01 Å². The van der Waals surface area contributed by atoms with Crippen molar-refractivity contribution in [3.8, 4) is 0 Å². The molecule has 9 nitrogen and oxygen atoms in total. The first-order valence-corrected chi connectivity index (χ1v) is 8.89. The SMILES string of the molecule is Cc1cc(=O)n2nc(COC(=O)[C@H](C)NC(=O)Nc3ccccc3)sc2n1. The van der Waals surface area contributed by atoms with Gasteiger partial charge in [-0.3, -0.25) is 4.79 Å². The number of esters is 1. The molecular weight excluding hydrogens is 370 g/mol. The molecule has 0 spiro atoms. The maximum atomic E-state index is 12.1. The highest BCUT2D eigenvalue weighted by Crippen LogP contribution is 2.12. The Kier molecular flexibility index (Phi) is 5.46. The number of benzene rings is 1. The highest BCUT2D eigenvalue weighted by Gasteiger charge is 2.18. The Labute approximate surface area is 158 Å². The summed E-state index contributed by atoms with van der Waals surface area (Å²) in [6.07, 6.45) is 0. The van der Waals surface area contributed by atoms with Crippen LogP contribution in [-0.2, 0) is 16.1 Å². The van der Waals surface area contributed by atoms with E-state index < -0.39 is 18.0 Å². The molecule has 1 atom stereocenters. The predicted octanol–water partition coefficient (Wildman–Crippen LogP) is 1.71. The van der Waals surface area contributed by atoms with E-state index in [0.717, 1.165) is 15.9 Å². The van der Waals surface area contributed by atoms with Crippen molar-refractivity contribution in [3.63, 3.8) is 0 Å². The Balaban J connectivity index is 1.55. The van der Waals surface area contributed by atoms with Crippen LogP contribution >= 0.6 is 11.3 Å². The molecular formula is C17H17N5O4S. The number of aryl methyl sites for hydroxylation is 1.